The first-order valence-corrected chi connectivity index (χ1v) is 8.24. The van der Waals surface area contributed by atoms with Gasteiger partial charge in [0.15, 0.2) is 5.78 Å². The summed E-state index contributed by atoms with van der Waals surface area (Å²) in [4.78, 5) is 29.9. The van der Waals surface area contributed by atoms with Crippen LogP contribution in [0.15, 0.2) is 12.3 Å². The second-order valence-electron chi connectivity index (χ2n) is 7.07. The van der Waals surface area contributed by atoms with Gasteiger partial charge in [0.25, 0.3) is 0 Å². The smallest absolute Gasteiger partial charge is 0.407 e. The highest BCUT2D eigenvalue weighted by molar-refractivity contribution is 5.96. The number of nitrogens with zero attached hydrogens (tertiary/aromatic N) is 2. The lowest BCUT2D eigenvalue weighted by Gasteiger charge is -2.19. The number of ketones is 1. The largest absolute Gasteiger partial charge is 0.444 e. The van der Waals surface area contributed by atoms with Crippen molar-refractivity contribution in [3.05, 3.63) is 23.4 Å². The number of hydrogen-bond donors (Lipinski definition) is 1. The van der Waals surface area contributed by atoms with Crippen molar-refractivity contribution in [1.29, 1.82) is 0 Å². The number of carbonyl (C=O) groups excluding carboxylic acids is 2. The van der Waals surface area contributed by atoms with Gasteiger partial charge in [-0.15, -0.1) is 0 Å². The van der Waals surface area contributed by atoms with Gasteiger partial charge in [-0.2, -0.15) is 0 Å². The van der Waals surface area contributed by atoms with Gasteiger partial charge in [0.05, 0.1) is 0 Å². The molecule has 6 heteroatoms. The van der Waals surface area contributed by atoms with Crippen LogP contribution in [0.3, 0.4) is 0 Å². The number of ether oxygens (including phenoxy) is 1. The van der Waals surface area contributed by atoms with Crippen molar-refractivity contribution in [1.82, 2.24) is 10.3 Å². The minimum absolute atomic E-state index is 0.0770. The van der Waals surface area contributed by atoms with Crippen LogP contribution in [0, 0.1) is 6.92 Å². The minimum Gasteiger partial charge on any atom is -0.444 e. The Morgan fingerprint density at radius 2 is 1.92 bits per heavy atom. The van der Waals surface area contributed by atoms with Crippen LogP contribution in [0.1, 0.15) is 56.0 Å². The Balaban J connectivity index is 2.34. The normalized spacial score (nSPS) is 11.1. The molecule has 1 N–H and O–H groups in total. The molecule has 0 bridgehead atoms. The molecule has 0 spiro atoms. The van der Waals surface area contributed by atoms with Crippen LogP contribution in [0.2, 0.25) is 0 Å². The van der Waals surface area contributed by atoms with E-state index in [0.717, 1.165) is 17.8 Å². The van der Waals surface area contributed by atoms with Gasteiger partial charge in [0, 0.05) is 38.8 Å². The van der Waals surface area contributed by atoms with Gasteiger partial charge in [-0.1, -0.05) is 0 Å². The number of amides is 1. The molecule has 0 aromatic carbocycles. The van der Waals surface area contributed by atoms with Gasteiger partial charge in [-0.05, 0) is 52.2 Å². The molecule has 1 heterocycles. The Hall–Kier alpha value is -2.11. The number of anilines is 1. The number of alkyl carbamates (subject to hydrolysis) is 1. The molecule has 0 saturated carbocycles. The number of pyridine rings is 1. The fourth-order valence-electron chi connectivity index (χ4n) is 2.25. The van der Waals surface area contributed by atoms with Gasteiger partial charge < -0.3 is 15.0 Å². The number of aryl methyl sites for hydroxylation is 1. The topological polar surface area (TPSA) is 71.5 Å². The standard InChI is InChI=1S/C18H29N3O3/c1-13-11-14(12-20-16(13)21(5)6)15(22)9-7-8-10-19-17(23)24-18(2,3)4/h11-12H,7-10H2,1-6H3,(H,19,23). The Kier molecular flexibility index (Phi) is 7.19. The monoisotopic (exact) mass is 335 g/mol. The number of carbonyl (C=O) groups is 2. The molecule has 0 unspecified atom stereocenters. The maximum absolute atomic E-state index is 12.2. The second kappa shape index (κ2) is 8.66. The maximum atomic E-state index is 12.2. The first-order chi connectivity index (χ1) is 11.1. The van der Waals surface area contributed by atoms with Gasteiger partial charge in [0.2, 0.25) is 0 Å². The summed E-state index contributed by atoms with van der Waals surface area (Å²) in [5.41, 5.74) is 1.12. The lowest BCUT2D eigenvalue weighted by atomic mass is 10.1. The van der Waals surface area contributed by atoms with Gasteiger partial charge >= 0.3 is 6.09 Å². The van der Waals surface area contributed by atoms with Crippen molar-refractivity contribution in [2.24, 2.45) is 0 Å². The van der Waals surface area contributed by atoms with E-state index in [4.69, 9.17) is 4.74 Å². The third-order valence-electron chi connectivity index (χ3n) is 3.30. The van der Waals surface area contributed by atoms with Crippen molar-refractivity contribution < 1.29 is 14.3 Å². The number of rotatable bonds is 7. The van der Waals surface area contributed by atoms with Crippen LogP contribution < -0.4 is 10.2 Å². The van der Waals surface area contributed by atoms with E-state index >= 15 is 0 Å². The summed E-state index contributed by atoms with van der Waals surface area (Å²) in [6, 6.07) is 1.88. The summed E-state index contributed by atoms with van der Waals surface area (Å²) in [6.07, 6.45) is 3.09. The summed E-state index contributed by atoms with van der Waals surface area (Å²) in [5.74, 6) is 0.946. The van der Waals surface area contributed by atoms with E-state index in [1.165, 1.54) is 0 Å². The first kappa shape index (κ1) is 19.9. The Morgan fingerprint density at radius 3 is 2.46 bits per heavy atom. The van der Waals surface area contributed by atoms with Crippen LogP contribution in [0.5, 0.6) is 0 Å². The third kappa shape index (κ3) is 6.98. The zero-order chi connectivity index (χ0) is 18.3. The SMILES string of the molecule is Cc1cc(C(=O)CCCCNC(=O)OC(C)(C)C)cnc1N(C)C. The fraction of sp³-hybridized carbons (Fsp3) is 0.611. The molecule has 0 atom stereocenters. The first-order valence-electron chi connectivity index (χ1n) is 8.24. The Morgan fingerprint density at radius 1 is 1.25 bits per heavy atom. The molecule has 1 aromatic heterocycles. The van der Waals surface area contributed by atoms with Crippen LogP contribution in [-0.2, 0) is 4.74 Å². The second-order valence-corrected chi connectivity index (χ2v) is 7.07. The van der Waals surface area contributed by atoms with E-state index in [9.17, 15) is 9.59 Å². The molecule has 0 saturated heterocycles. The highest BCUT2D eigenvalue weighted by Gasteiger charge is 2.15. The summed E-state index contributed by atoms with van der Waals surface area (Å²) in [6.45, 7) is 7.91. The Bertz CT molecular complexity index is 577. The van der Waals surface area contributed by atoms with E-state index < -0.39 is 11.7 Å². The number of aromatic nitrogens is 1. The molecule has 1 rings (SSSR count). The predicted molar refractivity (Wildman–Crippen MR) is 95.7 cm³/mol. The summed E-state index contributed by atoms with van der Waals surface area (Å²) in [5, 5.41) is 2.69. The molecule has 0 aliphatic carbocycles. The molecule has 0 aliphatic rings. The number of hydrogen-bond acceptors (Lipinski definition) is 5. The van der Waals surface area contributed by atoms with Crippen molar-refractivity contribution in [2.45, 2.75) is 52.6 Å². The van der Waals surface area contributed by atoms with Gasteiger partial charge in [-0.3, -0.25) is 4.79 Å². The van der Waals surface area contributed by atoms with Crippen molar-refractivity contribution >= 4 is 17.7 Å². The van der Waals surface area contributed by atoms with Crippen LogP contribution in [0.25, 0.3) is 0 Å². The summed E-state index contributed by atoms with van der Waals surface area (Å²) in [7, 11) is 3.85. The highest BCUT2D eigenvalue weighted by Crippen LogP contribution is 2.17. The molecule has 24 heavy (non-hydrogen) atoms. The molecular formula is C18H29N3O3. The summed E-state index contributed by atoms with van der Waals surface area (Å²) >= 11 is 0. The van der Waals surface area contributed by atoms with Crippen LogP contribution in [-0.4, -0.2) is 43.1 Å². The average molecular weight is 335 g/mol. The number of Topliss-reactive ketones (excluding diaryl/α,β-unsaturated/α-hetero) is 1. The van der Waals surface area contributed by atoms with Crippen LogP contribution >= 0.6 is 0 Å². The third-order valence-corrected chi connectivity index (χ3v) is 3.30. The van der Waals surface area contributed by atoms with Gasteiger partial charge in [-0.25, -0.2) is 9.78 Å². The van der Waals surface area contributed by atoms with E-state index in [2.05, 4.69) is 10.3 Å². The molecule has 134 valence electrons. The molecule has 0 fully saturated rings. The molecule has 0 radical (unpaired) electrons. The highest BCUT2D eigenvalue weighted by atomic mass is 16.6. The van der Waals surface area contributed by atoms with Crippen molar-refractivity contribution in [2.75, 3.05) is 25.5 Å². The summed E-state index contributed by atoms with van der Waals surface area (Å²) < 4.78 is 5.15. The Labute approximate surface area is 144 Å². The average Bonchev–Trinajstić information content (AvgIpc) is 2.44. The number of unbranched alkanes of at least 4 members (excludes halogenated alkanes) is 1. The molecule has 0 aliphatic heterocycles. The molecule has 6 nitrogen and oxygen atoms in total. The quantitative estimate of drug-likeness (QED) is 0.611. The maximum Gasteiger partial charge on any atom is 0.407 e. The molecule has 1 aromatic rings. The van der Waals surface area contributed by atoms with E-state index in [1.54, 1.807) is 6.20 Å². The molecule has 1 amide bonds. The zero-order valence-corrected chi connectivity index (χ0v) is 15.6. The fourth-order valence-corrected chi connectivity index (χ4v) is 2.25. The van der Waals surface area contributed by atoms with Crippen molar-refractivity contribution in [3.63, 3.8) is 0 Å². The predicted octanol–water partition coefficient (Wildman–Crippen LogP) is 3.33. The van der Waals surface area contributed by atoms with E-state index in [1.807, 2.05) is 52.8 Å². The lowest BCUT2D eigenvalue weighted by Crippen LogP contribution is -2.33. The van der Waals surface area contributed by atoms with Crippen LogP contribution in [0.4, 0.5) is 10.6 Å². The lowest BCUT2D eigenvalue weighted by molar-refractivity contribution is 0.0527. The molecular weight excluding hydrogens is 306 g/mol. The van der Waals surface area contributed by atoms with Crippen molar-refractivity contribution in [3.8, 4) is 0 Å². The number of nitrogens with one attached hydrogen (secondary N) is 1. The minimum atomic E-state index is -0.496. The zero-order valence-electron chi connectivity index (χ0n) is 15.6. The van der Waals surface area contributed by atoms with E-state index in [0.29, 0.717) is 24.9 Å². The van der Waals surface area contributed by atoms with Gasteiger partial charge in [0.1, 0.15) is 11.4 Å². The van der Waals surface area contributed by atoms with E-state index in [-0.39, 0.29) is 5.78 Å².